The molecular weight excluding hydrogens is 577 g/mol. The maximum Gasteiger partial charge on any atom is 0.0362 e. The third-order valence-corrected chi connectivity index (χ3v) is 12.8. The van der Waals surface area contributed by atoms with E-state index in [0.717, 1.165) is 0 Å². The summed E-state index contributed by atoms with van der Waals surface area (Å²) in [5.41, 5.74) is 0. The van der Waals surface area contributed by atoms with E-state index in [9.17, 15) is 0 Å². The SMILES string of the molecule is c1ccc2c(c1)ccc1sc3ccc4ccc5sc6ccc7ccc8sc9ccc%10ccccc%10c9c8c7c6c5c4c3c12. The van der Waals surface area contributed by atoms with Crippen molar-refractivity contribution in [3.8, 4) is 0 Å². The Morgan fingerprint density at radius 3 is 0.930 bits per heavy atom. The Morgan fingerprint density at radius 1 is 0.233 bits per heavy atom. The maximum atomic E-state index is 2.36. The fourth-order valence-corrected chi connectivity index (χ4v) is 11.0. The van der Waals surface area contributed by atoms with Crippen LogP contribution in [0.25, 0.3) is 104 Å². The lowest BCUT2D eigenvalue weighted by Gasteiger charge is -2.09. The van der Waals surface area contributed by atoms with E-state index in [4.69, 9.17) is 0 Å². The van der Waals surface area contributed by atoms with Crippen LogP contribution in [0, 0.1) is 0 Å². The summed E-state index contributed by atoms with van der Waals surface area (Å²) in [6, 6.07) is 45.7. The summed E-state index contributed by atoms with van der Waals surface area (Å²) in [5.74, 6) is 0. The third kappa shape index (κ3) is 2.90. The molecule has 0 N–H and O–H groups in total. The molecule has 0 radical (unpaired) electrons. The lowest BCUT2D eigenvalue weighted by Crippen LogP contribution is -1.81. The molecule has 0 saturated heterocycles. The molecule has 0 saturated carbocycles. The highest BCUT2D eigenvalue weighted by molar-refractivity contribution is 7.27. The first-order valence-corrected chi connectivity index (χ1v) is 17.0. The minimum atomic E-state index is 1.30. The summed E-state index contributed by atoms with van der Waals surface area (Å²) in [7, 11) is 0. The van der Waals surface area contributed by atoms with Crippen LogP contribution in [0.3, 0.4) is 0 Å². The Bertz CT molecular complexity index is 2790. The summed E-state index contributed by atoms with van der Waals surface area (Å²) in [6.45, 7) is 0. The highest BCUT2D eigenvalue weighted by Crippen LogP contribution is 2.51. The van der Waals surface area contributed by atoms with E-state index in [0.29, 0.717) is 0 Å². The van der Waals surface area contributed by atoms with Crippen LogP contribution in [0.4, 0.5) is 0 Å². The molecule has 43 heavy (non-hydrogen) atoms. The summed E-state index contributed by atoms with van der Waals surface area (Å²) in [4.78, 5) is 0. The molecule has 0 bridgehead atoms. The van der Waals surface area contributed by atoms with Crippen molar-refractivity contribution in [1.29, 1.82) is 0 Å². The lowest BCUT2D eigenvalue weighted by molar-refractivity contribution is 1.82. The van der Waals surface area contributed by atoms with Gasteiger partial charge in [0.25, 0.3) is 0 Å². The van der Waals surface area contributed by atoms with Gasteiger partial charge in [-0.05, 0) is 68.7 Å². The smallest absolute Gasteiger partial charge is 0.0362 e. The van der Waals surface area contributed by atoms with Gasteiger partial charge in [0.1, 0.15) is 0 Å². The van der Waals surface area contributed by atoms with Crippen molar-refractivity contribution in [3.63, 3.8) is 0 Å². The van der Waals surface area contributed by atoms with E-state index in [2.05, 4.69) is 121 Å². The van der Waals surface area contributed by atoms with Gasteiger partial charge < -0.3 is 0 Å². The number of rotatable bonds is 0. The van der Waals surface area contributed by atoms with Crippen LogP contribution < -0.4 is 0 Å². The van der Waals surface area contributed by atoms with Gasteiger partial charge in [-0.15, -0.1) is 34.0 Å². The standard InChI is InChI=1S/C40H20S3/c1-3-7-25-21(5-1)9-15-27-35(25)37-29(41-27)17-11-23-13-19-31-39(33(23)37)40-32(43-31)20-14-24-12-18-30-38(34(24)40)36-26-8-4-2-6-22(26)10-16-28(36)42-30/h1-20H. The van der Waals surface area contributed by atoms with Gasteiger partial charge in [-0.25, -0.2) is 0 Å². The maximum absolute atomic E-state index is 2.36. The van der Waals surface area contributed by atoms with E-state index in [1.807, 2.05) is 34.0 Å². The molecule has 0 fully saturated rings. The average molecular weight is 597 g/mol. The van der Waals surface area contributed by atoms with Crippen molar-refractivity contribution >= 4 is 138 Å². The minimum Gasteiger partial charge on any atom is -0.135 e. The Labute approximate surface area is 257 Å². The Kier molecular flexibility index (Phi) is 4.32. The van der Waals surface area contributed by atoms with Gasteiger partial charge in [0.05, 0.1) is 0 Å². The van der Waals surface area contributed by atoms with E-state index in [1.54, 1.807) is 0 Å². The molecule has 198 valence electrons. The van der Waals surface area contributed by atoms with E-state index >= 15 is 0 Å². The van der Waals surface area contributed by atoms with Crippen molar-refractivity contribution in [2.75, 3.05) is 0 Å². The number of fused-ring (bicyclic) bond motifs is 19. The summed E-state index contributed by atoms with van der Waals surface area (Å²) < 4.78 is 8.18. The van der Waals surface area contributed by atoms with E-state index in [1.165, 1.54) is 104 Å². The molecular formula is C40H20S3. The second-order valence-corrected chi connectivity index (χ2v) is 14.8. The molecule has 0 nitrogen and oxygen atoms in total. The molecule has 0 aliphatic carbocycles. The second kappa shape index (κ2) is 8.09. The van der Waals surface area contributed by atoms with Crippen LogP contribution in [0.15, 0.2) is 121 Å². The molecule has 0 atom stereocenters. The van der Waals surface area contributed by atoms with Crippen LogP contribution >= 0.6 is 34.0 Å². The Hall–Kier alpha value is -4.54. The lowest BCUT2D eigenvalue weighted by atomic mass is 9.93. The van der Waals surface area contributed by atoms with Gasteiger partial charge in [0, 0.05) is 71.3 Å². The molecule has 11 aromatic rings. The predicted molar refractivity (Wildman–Crippen MR) is 195 cm³/mol. The van der Waals surface area contributed by atoms with Gasteiger partial charge >= 0.3 is 0 Å². The quantitative estimate of drug-likeness (QED) is 0.163. The number of hydrogen-bond donors (Lipinski definition) is 0. The van der Waals surface area contributed by atoms with E-state index in [-0.39, 0.29) is 0 Å². The number of hydrogen-bond acceptors (Lipinski definition) is 3. The fraction of sp³-hybridized carbons (Fsp3) is 0. The van der Waals surface area contributed by atoms with Gasteiger partial charge in [-0.1, -0.05) is 84.9 Å². The zero-order valence-corrected chi connectivity index (χ0v) is 25.2. The number of benzene rings is 8. The molecule has 0 unspecified atom stereocenters. The largest absolute Gasteiger partial charge is 0.135 e. The topological polar surface area (TPSA) is 0 Å². The Balaban J connectivity index is 1.47. The normalized spacial score (nSPS) is 12.7. The molecule has 0 aliphatic rings. The summed E-state index contributed by atoms with van der Waals surface area (Å²) >= 11 is 5.79. The zero-order valence-electron chi connectivity index (χ0n) is 22.8. The minimum absolute atomic E-state index is 1.30. The third-order valence-electron chi connectivity index (χ3n) is 9.41. The summed E-state index contributed by atoms with van der Waals surface area (Å²) in [6.07, 6.45) is 0. The molecule has 3 heterocycles. The van der Waals surface area contributed by atoms with Crippen molar-refractivity contribution in [3.05, 3.63) is 121 Å². The van der Waals surface area contributed by atoms with E-state index < -0.39 is 0 Å². The zero-order chi connectivity index (χ0) is 27.8. The fourth-order valence-electron chi connectivity index (χ4n) is 7.64. The molecule has 3 aromatic heterocycles. The van der Waals surface area contributed by atoms with Crippen molar-refractivity contribution in [1.82, 2.24) is 0 Å². The van der Waals surface area contributed by atoms with Gasteiger partial charge in [0.15, 0.2) is 0 Å². The van der Waals surface area contributed by atoms with Crippen molar-refractivity contribution < 1.29 is 0 Å². The molecule has 0 spiro atoms. The van der Waals surface area contributed by atoms with Crippen LogP contribution in [0.2, 0.25) is 0 Å². The molecule has 0 amide bonds. The first-order chi connectivity index (χ1) is 21.3. The first kappa shape index (κ1) is 23.0. The molecule has 0 aliphatic heterocycles. The van der Waals surface area contributed by atoms with Gasteiger partial charge in [-0.3, -0.25) is 0 Å². The van der Waals surface area contributed by atoms with Crippen molar-refractivity contribution in [2.24, 2.45) is 0 Å². The van der Waals surface area contributed by atoms with Crippen molar-refractivity contribution in [2.45, 2.75) is 0 Å². The summed E-state index contributed by atoms with van der Waals surface area (Å²) in [5, 5.41) is 19.2. The van der Waals surface area contributed by atoms with Crippen LogP contribution in [0.1, 0.15) is 0 Å². The number of thiophene rings is 3. The van der Waals surface area contributed by atoms with Crippen LogP contribution in [-0.2, 0) is 0 Å². The molecule has 8 aromatic carbocycles. The molecule has 11 rings (SSSR count). The highest BCUT2D eigenvalue weighted by atomic mass is 32.1. The monoisotopic (exact) mass is 596 g/mol. The first-order valence-electron chi connectivity index (χ1n) is 14.6. The van der Waals surface area contributed by atoms with Gasteiger partial charge in [-0.2, -0.15) is 0 Å². The predicted octanol–water partition coefficient (Wildman–Crippen LogP) is 13.4. The van der Waals surface area contributed by atoms with Crippen LogP contribution in [-0.4, -0.2) is 0 Å². The second-order valence-electron chi connectivity index (χ2n) is 11.6. The molecule has 3 heteroatoms. The van der Waals surface area contributed by atoms with Crippen LogP contribution in [0.5, 0.6) is 0 Å². The highest BCUT2D eigenvalue weighted by Gasteiger charge is 2.20. The Morgan fingerprint density at radius 2 is 0.535 bits per heavy atom. The van der Waals surface area contributed by atoms with Gasteiger partial charge in [0.2, 0.25) is 0 Å². The average Bonchev–Trinajstić information content (AvgIpc) is 3.75.